The van der Waals surface area contributed by atoms with Crippen molar-refractivity contribution in [2.45, 2.75) is 24.2 Å². The van der Waals surface area contributed by atoms with Crippen molar-refractivity contribution in [1.29, 1.82) is 0 Å². The average molecular weight is 361 g/mol. The van der Waals surface area contributed by atoms with Gasteiger partial charge in [-0.1, -0.05) is 25.1 Å². The zero-order valence-electron chi connectivity index (χ0n) is 13.7. The van der Waals surface area contributed by atoms with Crippen LogP contribution in [0.15, 0.2) is 56.9 Å². The third-order valence-electron chi connectivity index (χ3n) is 3.98. The van der Waals surface area contributed by atoms with E-state index in [9.17, 15) is 13.2 Å². The quantitative estimate of drug-likeness (QED) is 0.580. The minimum Gasteiger partial charge on any atom is -0.460 e. The summed E-state index contributed by atoms with van der Waals surface area (Å²) >= 11 is 0. The van der Waals surface area contributed by atoms with Crippen molar-refractivity contribution in [2.24, 2.45) is 11.0 Å². The first-order chi connectivity index (χ1) is 12.0. The third kappa shape index (κ3) is 4.55. The Labute approximate surface area is 146 Å². The Morgan fingerprint density at radius 1 is 1.28 bits per heavy atom. The third-order valence-corrected chi connectivity index (χ3v) is 5.40. The van der Waals surface area contributed by atoms with E-state index < -0.39 is 22.5 Å². The maximum absolute atomic E-state index is 12.0. The molecule has 0 bridgehead atoms. The van der Waals surface area contributed by atoms with Gasteiger partial charge in [0.1, 0.15) is 11.5 Å². The summed E-state index contributed by atoms with van der Waals surface area (Å²) in [7, 11) is -3.72. The molecule has 2 aromatic rings. The van der Waals surface area contributed by atoms with Crippen molar-refractivity contribution in [1.82, 2.24) is 10.1 Å². The van der Waals surface area contributed by atoms with Gasteiger partial charge >= 0.3 is 0 Å². The first-order valence-electron chi connectivity index (χ1n) is 7.92. The molecular weight excluding hydrogens is 342 g/mol. The summed E-state index contributed by atoms with van der Waals surface area (Å²) in [5, 5.41) is 3.77. The van der Waals surface area contributed by atoms with E-state index >= 15 is 0 Å². The molecule has 1 aliphatic carbocycles. The molecule has 0 unspecified atom stereocenters. The van der Waals surface area contributed by atoms with Crippen LogP contribution >= 0.6 is 0 Å². The smallest absolute Gasteiger partial charge is 0.255 e. The lowest BCUT2D eigenvalue weighted by Crippen LogP contribution is -2.34. The summed E-state index contributed by atoms with van der Waals surface area (Å²) in [6.45, 7) is 1.76. The fraction of sp³-hybridized carbons (Fsp3) is 0.294. The second-order valence-corrected chi connectivity index (χ2v) is 7.76. The molecule has 1 saturated carbocycles. The molecule has 0 aliphatic heterocycles. The fourth-order valence-corrected chi connectivity index (χ4v) is 3.41. The van der Waals surface area contributed by atoms with Crippen molar-refractivity contribution in [3.63, 3.8) is 0 Å². The van der Waals surface area contributed by atoms with E-state index in [1.807, 2.05) is 6.07 Å². The van der Waals surface area contributed by atoms with Crippen molar-refractivity contribution in [3.8, 4) is 0 Å². The summed E-state index contributed by atoms with van der Waals surface area (Å²) < 4.78 is 31.8. The zero-order chi connectivity index (χ0) is 17.9. The van der Waals surface area contributed by atoms with E-state index in [2.05, 4.69) is 22.2 Å². The van der Waals surface area contributed by atoms with Gasteiger partial charge in [0.25, 0.3) is 5.91 Å². The molecule has 8 heteroatoms. The summed E-state index contributed by atoms with van der Waals surface area (Å²) in [5.74, 6) is 2.02. The number of furan rings is 1. The Kier molecular flexibility index (Phi) is 5.00. The first kappa shape index (κ1) is 17.4. The highest BCUT2D eigenvalue weighted by atomic mass is 32.2. The SMILES string of the molecule is C[C@@H]1C[C@@H]1c1ccc(/C=N\NC(=O)CNS(=O)(=O)c2ccccc2)o1. The molecule has 2 N–H and O–H groups in total. The average Bonchev–Trinajstić information content (AvgIpc) is 3.15. The van der Waals surface area contributed by atoms with Gasteiger partial charge in [0, 0.05) is 5.92 Å². The summed E-state index contributed by atoms with van der Waals surface area (Å²) in [5.41, 5.74) is 2.26. The lowest BCUT2D eigenvalue weighted by molar-refractivity contribution is -0.119. The molecule has 132 valence electrons. The molecule has 2 atom stereocenters. The largest absolute Gasteiger partial charge is 0.460 e. The highest BCUT2D eigenvalue weighted by Crippen LogP contribution is 2.47. The fourth-order valence-electron chi connectivity index (χ4n) is 2.41. The minimum atomic E-state index is -3.72. The van der Waals surface area contributed by atoms with E-state index in [0.29, 0.717) is 17.6 Å². The van der Waals surface area contributed by atoms with E-state index in [1.165, 1.54) is 18.3 Å². The molecule has 1 amide bonds. The zero-order valence-corrected chi connectivity index (χ0v) is 14.5. The molecule has 0 radical (unpaired) electrons. The van der Waals surface area contributed by atoms with Gasteiger partial charge in [-0.15, -0.1) is 0 Å². The van der Waals surface area contributed by atoms with Crippen LogP contribution in [-0.2, 0) is 14.8 Å². The van der Waals surface area contributed by atoms with Crippen molar-refractivity contribution in [3.05, 3.63) is 54.0 Å². The van der Waals surface area contributed by atoms with Gasteiger partial charge in [-0.05, 0) is 36.6 Å². The lowest BCUT2D eigenvalue weighted by Gasteiger charge is -2.05. The van der Waals surface area contributed by atoms with E-state index in [-0.39, 0.29) is 4.90 Å². The number of amides is 1. The monoisotopic (exact) mass is 361 g/mol. The van der Waals surface area contributed by atoms with Crippen molar-refractivity contribution >= 4 is 22.1 Å². The molecule has 1 aromatic carbocycles. The Morgan fingerprint density at radius 2 is 2.00 bits per heavy atom. The standard InChI is InChI=1S/C17H19N3O4S/c1-12-9-15(12)16-8-7-13(24-16)10-18-20-17(21)11-19-25(22,23)14-5-3-2-4-6-14/h2-8,10,12,15,19H,9,11H2,1H3,(H,20,21)/b18-10-/t12-,15+/m1/s1. The highest BCUT2D eigenvalue weighted by molar-refractivity contribution is 7.89. The van der Waals surface area contributed by atoms with E-state index in [1.54, 1.807) is 24.3 Å². The van der Waals surface area contributed by atoms with Gasteiger partial charge in [-0.2, -0.15) is 5.10 Å². The molecule has 1 fully saturated rings. The number of nitrogens with zero attached hydrogens (tertiary/aromatic N) is 1. The lowest BCUT2D eigenvalue weighted by atomic mass is 10.3. The topological polar surface area (TPSA) is 101 Å². The number of nitrogens with one attached hydrogen (secondary N) is 2. The second-order valence-electron chi connectivity index (χ2n) is 5.99. The maximum Gasteiger partial charge on any atom is 0.255 e. The Bertz CT molecular complexity index is 874. The van der Waals surface area contributed by atoms with Gasteiger partial charge in [-0.25, -0.2) is 18.6 Å². The van der Waals surface area contributed by atoms with Crippen LogP contribution in [0.1, 0.15) is 30.8 Å². The van der Waals surface area contributed by atoms with Gasteiger partial charge in [-0.3, -0.25) is 4.79 Å². The van der Waals surface area contributed by atoms with Crippen LogP contribution in [0.4, 0.5) is 0 Å². The van der Waals surface area contributed by atoms with Gasteiger partial charge in [0.2, 0.25) is 10.0 Å². The number of carbonyl (C=O) groups excluding carboxylic acids is 1. The Balaban J connectivity index is 1.47. The number of hydrogen-bond donors (Lipinski definition) is 2. The molecule has 1 heterocycles. The van der Waals surface area contributed by atoms with Gasteiger partial charge in [0.15, 0.2) is 0 Å². The molecule has 0 saturated heterocycles. The van der Waals surface area contributed by atoms with E-state index in [4.69, 9.17) is 4.42 Å². The van der Waals surface area contributed by atoms with Gasteiger partial charge in [0.05, 0.1) is 17.7 Å². The molecule has 25 heavy (non-hydrogen) atoms. The molecule has 0 spiro atoms. The van der Waals surface area contributed by atoms with Crippen LogP contribution in [0.3, 0.4) is 0 Å². The second kappa shape index (κ2) is 7.20. The van der Waals surface area contributed by atoms with Crippen molar-refractivity contribution in [2.75, 3.05) is 6.54 Å². The first-order valence-corrected chi connectivity index (χ1v) is 9.40. The molecule has 1 aliphatic rings. The van der Waals surface area contributed by atoms with Crippen LogP contribution in [0, 0.1) is 5.92 Å². The van der Waals surface area contributed by atoms with Crippen LogP contribution in [0.25, 0.3) is 0 Å². The van der Waals surface area contributed by atoms with Crippen molar-refractivity contribution < 1.29 is 17.6 Å². The molecule has 3 rings (SSSR count). The molecular formula is C17H19N3O4S. The molecule has 7 nitrogen and oxygen atoms in total. The number of hydrazone groups is 1. The predicted molar refractivity (Wildman–Crippen MR) is 92.6 cm³/mol. The predicted octanol–water partition coefficient (Wildman–Crippen LogP) is 1.83. The summed E-state index contributed by atoms with van der Waals surface area (Å²) in [6, 6.07) is 11.5. The number of benzene rings is 1. The Hall–Kier alpha value is -2.45. The highest BCUT2D eigenvalue weighted by Gasteiger charge is 2.36. The summed E-state index contributed by atoms with van der Waals surface area (Å²) in [4.78, 5) is 11.8. The van der Waals surface area contributed by atoms with Crippen LogP contribution < -0.4 is 10.1 Å². The Morgan fingerprint density at radius 3 is 2.68 bits per heavy atom. The van der Waals surface area contributed by atoms with E-state index in [0.717, 1.165) is 12.2 Å². The summed E-state index contributed by atoms with van der Waals surface area (Å²) in [6.07, 6.45) is 2.52. The number of sulfonamides is 1. The normalized spacial score (nSPS) is 19.9. The number of carbonyl (C=O) groups is 1. The van der Waals surface area contributed by atoms with Crippen LogP contribution in [-0.4, -0.2) is 27.1 Å². The van der Waals surface area contributed by atoms with Crippen LogP contribution in [0.2, 0.25) is 0 Å². The number of hydrogen-bond acceptors (Lipinski definition) is 5. The number of rotatable bonds is 7. The minimum absolute atomic E-state index is 0.101. The van der Waals surface area contributed by atoms with Gasteiger partial charge < -0.3 is 4.42 Å². The van der Waals surface area contributed by atoms with Crippen LogP contribution in [0.5, 0.6) is 0 Å². The molecule has 1 aromatic heterocycles. The maximum atomic E-state index is 12.0.